The number of rotatable bonds is 3. The number of nitrogens with one attached hydrogen (secondary N) is 2. The first kappa shape index (κ1) is 18.1. The van der Waals surface area contributed by atoms with Crippen LogP contribution in [0.4, 0.5) is 17.5 Å². The van der Waals surface area contributed by atoms with Gasteiger partial charge in [0.15, 0.2) is 5.82 Å². The second-order valence-electron chi connectivity index (χ2n) is 7.94. The lowest BCUT2D eigenvalue weighted by Gasteiger charge is -2.28. The number of hydrogen-bond acceptors (Lipinski definition) is 7. The van der Waals surface area contributed by atoms with E-state index in [1.165, 1.54) is 19.3 Å². The van der Waals surface area contributed by atoms with E-state index in [9.17, 15) is 4.79 Å². The van der Waals surface area contributed by atoms with Gasteiger partial charge in [0.05, 0.1) is 0 Å². The molecule has 0 atom stereocenters. The molecule has 150 valence electrons. The van der Waals surface area contributed by atoms with Gasteiger partial charge in [-0.1, -0.05) is 0 Å². The van der Waals surface area contributed by atoms with Crippen molar-refractivity contribution >= 4 is 28.4 Å². The van der Waals surface area contributed by atoms with Gasteiger partial charge in [-0.3, -0.25) is 4.79 Å². The summed E-state index contributed by atoms with van der Waals surface area (Å²) in [5.74, 6) is 1.31. The quantitative estimate of drug-likeness (QED) is 0.709. The van der Waals surface area contributed by atoms with Crippen molar-refractivity contribution < 1.29 is 0 Å². The molecule has 3 aromatic rings. The Kier molecular flexibility index (Phi) is 4.63. The summed E-state index contributed by atoms with van der Waals surface area (Å²) in [7, 11) is 2.09. The highest BCUT2D eigenvalue weighted by molar-refractivity contribution is 5.88. The van der Waals surface area contributed by atoms with Gasteiger partial charge in [0.25, 0.3) is 5.56 Å². The second-order valence-corrected chi connectivity index (χ2v) is 7.94. The molecule has 8 heteroatoms. The molecule has 2 aliphatic rings. The molecule has 8 nitrogen and oxygen atoms in total. The molecule has 5 heterocycles. The molecule has 5 rings (SSSR count). The summed E-state index contributed by atoms with van der Waals surface area (Å²) in [6, 6.07) is 3.85. The maximum Gasteiger partial charge on any atom is 0.271 e. The molecule has 0 aromatic carbocycles. The molecule has 0 unspecified atom stereocenters. The molecule has 3 aromatic heterocycles. The van der Waals surface area contributed by atoms with Crippen molar-refractivity contribution in [3.8, 4) is 0 Å². The monoisotopic (exact) mass is 391 g/mol. The molecule has 2 N–H and O–H groups in total. The number of anilines is 3. The van der Waals surface area contributed by atoms with Crippen LogP contribution in [-0.2, 0) is 13.0 Å². The first-order valence-corrected chi connectivity index (χ1v) is 10.2. The zero-order valence-electron chi connectivity index (χ0n) is 16.6. The van der Waals surface area contributed by atoms with Gasteiger partial charge in [-0.25, -0.2) is 15.0 Å². The number of pyridine rings is 2. The summed E-state index contributed by atoms with van der Waals surface area (Å²) >= 11 is 0. The predicted molar refractivity (Wildman–Crippen MR) is 114 cm³/mol. The molecule has 0 radical (unpaired) electrons. The standard InChI is InChI=1S/C21H25N7O/c1-27-10-6-16-15(13-27)11-17(20(29)24-16)25-21-23-12-14-5-7-22-19(18(14)26-21)28-8-3-2-4-9-28/h5,7,11-12H,2-4,6,8-10,13H2,1H3,(H,24,29)(H,23,25,26). The van der Waals surface area contributed by atoms with E-state index in [2.05, 4.69) is 37.1 Å². The molecule has 2 aliphatic heterocycles. The Morgan fingerprint density at radius 1 is 1.14 bits per heavy atom. The minimum Gasteiger partial charge on any atom is -0.355 e. The van der Waals surface area contributed by atoms with Gasteiger partial charge in [-0.05, 0) is 44.0 Å². The van der Waals surface area contributed by atoms with Crippen LogP contribution in [0.15, 0.2) is 29.3 Å². The average Bonchev–Trinajstić information content (AvgIpc) is 2.75. The molecule has 1 saturated heterocycles. The highest BCUT2D eigenvalue weighted by Gasteiger charge is 2.18. The maximum absolute atomic E-state index is 12.5. The van der Waals surface area contributed by atoms with Crippen LogP contribution in [0.3, 0.4) is 0 Å². The number of hydrogen-bond donors (Lipinski definition) is 2. The van der Waals surface area contributed by atoms with Crippen molar-refractivity contribution in [2.75, 3.05) is 36.9 Å². The van der Waals surface area contributed by atoms with Gasteiger partial charge >= 0.3 is 0 Å². The van der Waals surface area contributed by atoms with Crippen LogP contribution in [0.5, 0.6) is 0 Å². The van der Waals surface area contributed by atoms with Crippen molar-refractivity contribution in [3.05, 3.63) is 46.1 Å². The van der Waals surface area contributed by atoms with Crippen LogP contribution in [0.1, 0.15) is 30.5 Å². The third kappa shape index (κ3) is 3.55. The fourth-order valence-electron chi connectivity index (χ4n) is 4.20. The van der Waals surface area contributed by atoms with E-state index in [-0.39, 0.29) is 5.56 Å². The minimum absolute atomic E-state index is 0.139. The lowest BCUT2D eigenvalue weighted by Crippen LogP contribution is -2.30. The van der Waals surface area contributed by atoms with E-state index in [0.29, 0.717) is 11.6 Å². The van der Waals surface area contributed by atoms with E-state index in [1.54, 1.807) is 6.20 Å². The smallest absolute Gasteiger partial charge is 0.271 e. The number of nitrogens with zero attached hydrogens (tertiary/aromatic N) is 5. The Hall–Kier alpha value is -3.00. The van der Waals surface area contributed by atoms with Gasteiger partial charge in [-0.2, -0.15) is 0 Å². The Morgan fingerprint density at radius 2 is 2.00 bits per heavy atom. The summed E-state index contributed by atoms with van der Waals surface area (Å²) in [5.41, 5.74) is 3.31. The van der Waals surface area contributed by atoms with E-state index in [0.717, 1.165) is 60.6 Å². The van der Waals surface area contributed by atoms with Crippen LogP contribution in [0.2, 0.25) is 0 Å². The average molecular weight is 391 g/mol. The SMILES string of the molecule is CN1CCc2[nH]c(=O)c(Nc3ncc4ccnc(N5CCCCC5)c4n3)cc2C1. The minimum atomic E-state index is -0.139. The number of aromatic nitrogens is 4. The van der Waals surface area contributed by atoms with E-state index >= 15 is 0 Å². The Bertz CT molecular complexity index is 1100. The third-order valence-electron chi connectivity index (χ3n) is 5.78. The topological polar surface area (TPSA) is 90.0 Å². The maximum atomic E-state index is 12.5. The van der Waals surface area contributed by atoms with Crippen molar-refractivity contribution in [2.45, 2.75) is 32.2 Å². The largest absolute Gasteiger partial charge is 0.355 e. The Balaban J connectivity index is 1.50. The Morgan fingerprint density at radius 3 is 2.86 bits per heavy atom. The van der Waals surface area contributed by atoms with E-state index in [4.69, 9.17) is 4.98 Å². The highest BCUT2D eigenvalue weighted by atomic mass is 16.1. The Labute approximate surface area is 169 Å². The highest BCUT2D eigenvalue weighted by Crippen LogP contribution is 2.26. The number of likely N-dealkylation sites (N-methyl/N-ethyl adjacent to an activating group) is 1. The molecule has 0 amide bonds. The van der Waals surface area contributed by atoms with Crippen molar-refractivity contribution in [2.24, 2.45) is 0 Å². The fraction of sp³-hybridized carbons (Fsp3) is 0.429. The number of fused-ring (bicyclic) bond motifs is 2. The molecule has 0 spiro atoms. The van der Waals surface area contributed by atoms with Crippen molar-refractivity contribution in [1.82, 2.24) is 24.8 Å². The molecule has 29 heavy (non-hydrogen) atoms. The van der Waals surface area contributed by atoms with Gasteiger partial charge in [0, 0.05) is 56.1 Å². The second kappa shape index (κ2) is 7.44. The van der Waals surface area contributed by atoms with Crippen LogP contribution in [-0.4, -0.2) is 51.5 Å². The number of H-pyrrole nitrogens is 1. The summed E-state index contributed by atoms with van der Waals surface area (Å²) in [6.07, 6.45) is 8.08. The number of aromatic amines is 1. The zero-order chi connectivity index (χ0) is 19.8. The van der Waals surface area contributed by atoms with E-state index < -0.39 is 0 Å². The van der Waals surface area contributed by atoms with Crippen molar-refractivity contribution in [1.29, 1.82) is 0 Å². The molecular formula is C21H25N7O. The molecule has 0 saturated carbocycles. The van der Waals surface area contributed by atoms with Gasteiger partial charge < -0.3 is 20.1 Å². The van der Waals surface area contributed by atoms with Gasteiger partial charge in [0.1, 0.15) is 11.2 Å². The van der Waals surface area contributed by atoms with Crippen LogP contribution >= 0.6 is 0 Å². The third-order valence-corrected chi connectivity index (χ3v) is 5.78. The van der Waals surface area contributed by atoms with E-state index in [1.807, 2.05) is 18.3 Å². The van der Waals surface area contributed by atoms with Crippen LogP contribution < -0.4 is 15.8 Å². The van der Waals surface area contributed by atoms with Gasteiger partial charge in [0.2, 0.25) is 5.95 Å². The van der Waals surface area contributed by atoms with Gasteiger partial charge in [-0.15, -0.1) is 0 Å². The van der Waals surface area contributed by atoms with Crippen LogP contribution in [0.25, 0.3) is 10.9 Å². The fourth-order valence-corrected chi connectivity index (χ4v) is 4.20. The summed E-state index contributed by atoms with van der Waals surface area (Å²) in [4.78, 5) is 33.8. The summed E-state index contributed by atoms with van der Waals surface area (Å²) in [6.45, 7) is 3.77. The lowest BCUT2D eigenvalue weighted by atomic mass is 10.1. The molecule has 1 fully saturated rings. The van der Waals surface area contributed by atoms with Crippen molar-refractivity contribution in [3.63, 3.8) is 0 Å². The van der Waals surface area contributed by atoms with Crippen LogP contribution in [0, 0.1) is 0 Å². The summed E-state index contributed by atoms with van der Waals surface area (Å²) < 4.78 is 0. The molecular weight excluding hydrogens is 366 g/mol. The molecule has 0 aliphatic carbocycles. The first-order chi connectivity index (χ1) is 14.2. The first-order valence-electron chi connectivity index (χ1n) is 10.2. The number of piperidine rings is 1. The predicted octanol–water partition coefficient (Wildman–Crippen LogP) is 2.43. The normalized spacial score (nSPS) is 17.3. The summed E-state index contributed by atoms with van der Waals surface area (Å²) in [5, 5.41) is 4.08. The lowest BCUT2D eigenvalue weighted by molar-refractivity contribution is 0.310. The molecule has 0 bridgehead atoms. The zero-order valence-corrected chi connectivity index (χ0v) is 16.6.